The molecule has 0 radical (unpaired) electrons. The molecule has 0 aliphatic heterocycles. The third kappa shape index (κ3) is 5.53. The maximum atomic E-state index is 12.9. The van der Waals surface area contributed by atoms with E-state index in [1.165, 1.54) is 17.7 Å². The lowest BCUT2D eigenvalue weighted by molar-refractivity contribution is -0.120. The maximum Gasteiger partial charge on any atom is 0.252 e. The van der Waals surface area contributed by atoms with E-state index in [9.17, 15) is 9.18 Å². The van der Waals surface area contributed by atoms with Crippen LogP contribution >= 0.6 is 11.8 Å². The van der Waals surface area contributed by atoms with Crippen molar-refractivity contribution in [3.05, 3.63) is 71.5 Å². The first kappa shape index (κ1) is 17.2. The molecule has 2 rings (SSSR count). The van der Waals surface area contributed by atoms with Crippen LogP contribution in [0.25, 0.3) is 0 Å². The van der Waals surface area contributed by atoms with Gasteiger partial charge in [0.05, 0.1) is 11.0 Å². The molecule has 0 heterocycles. The van der Waals surface area contributed by atoms with Crippen LogP contribution in [0.15, 0.2) is 59.7 Å². The Hall–Kier alpha value is -2.14. The highest BCUT2D eigenvalue weighted by Gasteiger charge is 2.13. The molecule has 23 heavy (non-hydrogen) atoms. The lowest BCUT2D eigenvalue weighted by Crippen LogP contribution is -2.27. The van der Waals surface area contributed by atoms with Crippen molar-refractivity contribution >= 4 is 23.4 Å². The highest BCUT2D eigenvalue weighted by molar-refractivity contribution is 7.99. The molecule has 0 saturated carbocycles. The van der Waals surface area contributed by atoms with Gasteiger partial charge in [0.2, 0.25) is 0 Å². The monoisotopic (exact) mass is 330 g/mol. The molecule has 5 heteroatoms. The molecule has 1 atom stereocenters. The molecule has 3 nitrogen and oxygen atoms in total. The maximum absolute atomic E-state index is 12.9. The summed E-state index contributed by atoms with van der Waals surface area (Å²) in [6.07, 6.45) is 0. The number of carbonyl (C=O) groups excluding carboxylic acids is 1. The summed E-state index contributed by atoms with van der Waals surface area (Å²) in [5.74, 6) is 0.333. The first-order chi connectivity index (χ1) is 11.1. The average molecular weight is 330 g/mol. The van der Waals surface area contributed by atoms with Gasteiger partial charge < -0.3 is 0 Å². The highest BCUT2D eigenvalue weighted by Crippen LogP contribution is 2.17. The molecule has 0 bridgehead atoms. The average Bonchev–Trinajstić information content (AvgIpc) is 2.58. The fraction of sp³-hybridized carbons (Fsp3) is 0.222. The standard InChI is InChI=1S/C18H19FN2OS/c1-13(16-8-10-17(19)11-9-16)20-21-18(22)14(2)23-12-15-6-4-3-5-7-15/h3-11,14H,12H2,1-2H3,(H,21,22)/b20-13+. The fourth-order valence-electron chi connectivity index (χ4n) is 1.86. The molecule has 0 spiro atoms. The van der Waals surface area contributed by atoms with E-state index >= 15 is 0 Å². The highest BCUT2D eigenvalue weighted by atomic mass is 32.2. The predicted octanol–water partition coefficient (Wildman–Crippen LogP) is 3.99. The van der Waals surface area contributed by atoms with Crippen molar-refractivity contribution in [1.29, 1.82) is 0 Å². The summed E-state index contributed by atoms with van der Waals surface area (Å²) in [6, 6.07) is 16.0. The quantitative estimate of drug-likeness (QED) is 0.643. The third-order valence-electron chi connectivity index (χ3n) is 3.31. The number of benzene rings is 2. The van der Waals surface area contributed by atoms with Crippen molar-refractivity contribution < 1.29 is 9.18 Å². The molecule has 2 aromatic carbocycles. The van der Waals surface area contributed by atoms with Crippen LogP contribution in [-0.4, -0.2) is 16.9 Å². The van der Waals surface area contributed by atoms with Crippen LogP contribution in [-0.2, 0) is 10.5 Å². The van der Waals surface area contributed by atoms with Crippen LogP contribution in [0, 0.1) is 5.82 Å². The van der Waals surface area contributed by atoms with Gasteiger partial charge >= 0.3 is 0 Å². The second kappa shape index (κ2) is 8.48. The van der Waals surface area contributed by atoms with Crippen LogP contribution < -0.4 is 5.43 Å². The molecular weight excluding hydrogens is 311 g/mol. The van der Waals surface area contributed by atoms with Gasteiger partial charge in [0, 0.05) is 5.75 Å². The van der Waals surface area contributed by atoms with Gasteiger partial charge in [0.25, 0.3) is 5.91 Å². The molecule has 0 aliphatic carbocycles. The van der Waals surface area contributed by atoms with Crippen molar-refractivity contribution in [2.45, 2.75) is 24.9 Å². The molecule has 1 N–H and O–H groups in total. The zero-order valence-corrected chi connectivity index (χ0v) is 13.9. The topological polar surface area (TPSA) is 41.5 Å². The Morgan fingerprint density at radius 2 is 1.83 bits per heavy atom. The smallest absolute Gasteiger partial charge is 0.252 e. The van der Waals surface area contributed by atoms with Gasteiger partial charge in [-0.25, -0.2) is 9.82 Å². The Kier molecular flexibility index (Phi) is 6.35. The Balaban J connectivity index is 1.85. The number of hydrazone groups is 1. The van der Waals surface area contributed by atoms with Gasteiger partial charge in [0.15, 0.2) is 0 Å². The van der Waals surface area contributed by atoms with Crippen LogP contribution in [0.4, 0.5) is 4.39 Å². The number of amides is 1. The van der Waals surface area contributed by atoms with Gasteiger partial charge in [0.1, 0.15) is 5.82 Å². The summed E-state index contributed by atoms with van der Waals surface area (Å²) in [7, 11) is 0. The summed E-state index contributed by atoms with van der Waals surface area (Å²) in [4.78, 5) is 12.1. The number of thioether (sulfide) groups is 1. The zero-order valence-electron chi connectivity index (χ0n) is 13.1. The number of nitrogens with zero attached hydrogens (tertiary/aromatic N) is 1. The van der Waals surface area contributed by atoms with Crippen molar-refractivity contribution in [1.82, 2.24) is 5.43 Å². The molecule has 120 valence electrons. The number of carbonyl (C=O) groups is 1. The summed E-state index contributed by atoms with van der Waals surface area (Å²) in [5, 5.41) is 3.87. The minimum Gasteiger partial charge on any atom is -0.272 e. The van der Waals surface area contributed by atoms with E-state index in [0.29, 0.717) is 5.71 Å². The second-order valence-corrected chi connectivity index (χ2v) is 6.45. The van der Waals surface area contributed by atoms with E-state index in [0.717, 1.165) is 11.3 Å². The minimum absolute atomic E-state index is 0.146. The van der Waals surface area contributed by atoms with Crippen LogP contribution in [0.5, 0.6) is 0 Å². The summed E-state index contributed by atoms with van der Waals surface area (Å²) < 4.78 is 12.9. The second-order valence-electron chi connectivity index (χ2n) is 5.12. The number of nitrogens with one attached hydrogen (secondary N) is 1. The van der Waals surface area contributed by atoms with E-state index < -0.39 is 0 Å². The van der Waals surface area contributed by atoms with Gasteiger partial charge in [-0.1, -0.05) is 42.5 Å². The van der Waals surface area contributed by atoms with E-state index in [1.54, 1.807) is 30.8 Å². The Labute approximate surface area is 140 Å². The molecule has 0 fully saturated rings. The fourth-order valence-corrected chi connectivity index (χ4v) is 2.70. The lowest BCUT2D eigenvalue weighted by atomic mass is 10.1. The first-order valence-corrected chi connectivity index (χ1v) is 8.37. The molecule has 0 aromatic heterocycles. The van der Waals surface area contributed by atoms with Gasteiger partial charge in [-0.15, -0.1) is 11.8 Å². The molecule has 0 aliphatic rings. The number of hydrogen-bond donors (Lipinski definition) is 1. The van der Waals surface area contributed by atoms with E-state index in [1.807, 2.05) is 37.3 Å². The van der Waals surface area contributed by atoms with E-state index in [4.69, 9.17) is 0 Å². The van der Waals surface area contributed by atoms with Crippen molar-refractivity contribution in [3.8, 4) is 0 Å². The Morgan fingerprint density at radius 3 is 2.48 bits per heavy atom. The van der Waals surface area contributed by atoms with Gasteiger partial charge in [-0.3, -0.25) is 4.79 Å². The molecule has 1 amide bonds. The van der Waals surface area contributed by atoms with Crippen molar-refractivity contribution in [2.75, 3.05) is 0 Å². The summed E-state index contributed by atoms with van der Waals surface area (Å²) in [6.45, 7) is 3.63. The van der Waals surface area contributed by atoms with Crippen LogP contribution in [0.2, 0.25) is 0 Å². The molecule has 2 aromatic rings. The molecule has 0 saturated heterocycles. The minimum atomic E-state index is -0.295. The number of rotatable bonds is 6. The number of hydrogen-bond acceptors (Lipinski definition) is 3. The molecule has 1 unspecified atom stereocenters. The Morgan fingerprint density at radius 1 is 1.17 bits per heavy atom. The van der Waals surface area contributed by atoms with E-state index in [-0.39, 0.29) is 17.0 Å². The van der Waals surface area contributed by atoms with Crippen LogP contribution in [0.1, 0.15) is 25.0 Å². The largest absolute Gasteiger partial charge is 0.272 e. The number of halogens is 1. The summed E-state index contributed by atoms with van der Waals surface area (Å²) >= 11 is 1.56. The van der Waals surface area contributed by atoms with Gasteiger partial charge in [-0.2, -0.15) is 5.10 Å². The Bertz CT molecular complexity index is 671. The van der Waals surface area contributed by atoms with Gasteiger partial charge in [-0.05, 0) is 37.1 Å². The predicted molar refractivity (Wildman–Crippen MR) is 94.0 cm³/mol. The SMILES string of the molecule is C/C(=N\NC(=O)C(C)SCc1ccccc1)c1ccc(F)cc1. The lowest BCUT2D eigenvalue weighted by Gasteiger charge is -2.10. The summed E-state index contributed by atoms with van der Waals surface area (Å²) in [5.41, 5.74) is 5.16. The molecular formula is C18H19FN2OS. The first-order valence-electron chi connectivity index (χ1n) is 7.32. The zero-order chi connectivity index (χ0) is 16.7. The third-order valence-corrected chi connectivity index (χ3v) is 4.52. The van der Waals surface area contributed by atoms with Crippen molar-refractivity contribution in [2.24, 2.45) is 5.10 Å². The van der Waals surface area contributed by atoms with Crippen LogP contribution in [0.3, 0.4) is 0 Å². The normalized spacial score (nSPS) is 12.7. The van der Waals surface area contributed by atoms with Crippen molar-refractivity contribution in [3.63, 3.8) is 0 Å². The van der Waals surface area contributed by atoms with E-state index in [2.05, 4.69) is 10.5 Å².